The van der Waals surface area contributed by atoms with E-state index in [0.29, 0.717) is 12.6 Å². The van der Waals surface area contributed by atoms with Gasteiger partial charge in [-0.25, -0.2) is 0 Å². The monoisotopic (exact) mass is 609 g/mol. The van der Waals surface area contributed by atoms with Gasteiger partial charge >= 0.3 is 0 Å². The Balaban J connectivity index is 1.66. The van der Waals surface area contributed by atoms with Crippen LogP contribution in [0.15, 0.2) is 42.5 Å². The van der Waals surface area contributed by atoms with Crippen molar-refractivity contribution in [2.75, 3.05) is 32.9 Å². The number of hydrogen-bond acceptors (Lipinski definition) is 5. The molecule has 248 valence electrons. The summed E-state index contributed by atoms with van der Waals surface area (Å²) in [5.74, 6) is -0.115. The first-order valence-corrected chi connectivity index (χ1v) is 16.8. The summed E-state index contributed by atoms with van der Waals surface area (Å²) >= 11 is 0. The number of benzene rings is 1. The summed E-state index contributed by atoms with van der Waals surface area (Å²) in [5.41, 5.74) is 4.12. The molecule has 3 rings (SSSR count). The molecule has 1 aliphatic heterocycles. The van der Waals surface area contributed by atoms with Crippen LogP contribution < -0.4 is 10.6 Å². The van der Waals surface area contributed by atoms with Crippen molar-refractivity contribution in [2.45, 2.75) is 125 Å². The highest BCUT2D eigenvalue weighted by Gasteiger charge is 2.36. The van der Waals surface area contributed by atoms with Gasteiger partial charge in [0.15, 0.2) is 0 Å². The van der Waals surface area contributed by atoms with Gasteiger partial charge in [0.25, 0.3) is 0 Å². The molecule has 0 bridgehead atoms. The average Bonchev–Trinajstić information content (AvgIpc) is 3.35. The van der Waals surface area contributed by atoms with Gasteiger partial charge in [0.1, 0.15) is 0 Å². The molecule has 1 saturated heterocycles. The summed E-state index contributed by atoms with van der Waals surface area (Å²) in [6.07, 6.45) is 10.6. The van der Waals surface area contributed by atoms with Crippen molar-refractivity contribution < 1.29 is 14.3 Å². The molecule has 3 atom stereocenters. The van der Waals surface area contributed by atoms with Gasteiger partial charge in [-0.3, -0.25) is 4.79 Å². The number of allylic oxidation sites excluding steroid dienone is 2. The van der Waals surface area contributed by atoms with Gasteiger partial charge in [-0.1, -0.05) is 77.1 Å². The lowest BCUT2D eigenvalue weighted by molar-refractivity contribution is -0.137. The van der Waals surface area contributed by atoms with E-state index in [-0.39, 0.29) is 39.8 Å². The normalized spacial score (nSPS) is 21.3. The molecule has 1 fully saturated rings. The van der Waals surface area contributed by atoms with E-state index >= 15 is 0 Å². The van der Waals surface area contributed by atoms with Crippen LogP contribution in [0.5, 0.6) is 0 Å². The average molecular weight is 610 g/mol. The molecule has 6 heteroatoms. The zero-order chi connectivity index (χ0) is 32.8. The van der Waals surface area contributed by atoms with E-state index in [4.69, 9.17) is 9.47 Å². The smallest absolute Gasteiger partial charge is 0.232 e. The van der Waals surface area contributed by atoms with Crippen LogP contribution >= 0.6 is 0 Å². The van der Waals surface area contributed by atoms with Gasteiger partial charge in [-0.2, -0.15) is 0 Å². The standard InChI is InChI=1S/C38H63N3O3/c1-35(2,3)26-43-21-19-28-16-17-29(24-39-36(4,5)6)30(22-28)23-38(10,11)27-44-33-15-13-12-14-32(33)34(42)41-20-18-31(25-41)40-37(7,8)9/h12-17,22,31-33,39-40H,18-21,23-27H2,1-11H3/t31-,32?,33?/m1/s1. The Kier molecular flexibility index (Phi) is 12.5. The van der Waals surface area contributed by atoms with Crippen molar-refractivity contribution in [3.63, 3.8) is 0 Å². The third-order valence-corrected chi connectivity index (χ3v) is 7.99. The first kappa shape index (κ1) is 36.5. The lowest BCUT2D eigenvalue weighted by Crippen LogP contribution is -2.46. The summed E-state index contributed by atoms with van der Waals surface area (Å²) in [5, 5.41) is 7.34. The number of nitrogens with zero attached hydrogens (tertiary/aromatic N) is 1. The Morgan fingerprint density at radius 2 is 1.61 bits per heavy atom. The fraction of sp³-hybridized carbons (Fsp3) is 0.711. The number of amides is 1. The largest absolute Gasteiger partial charge is 0.381 e. The van der Waals surface area contributed by atoms with Gasteiger partial charge in [-0.15, -0.1) is 0 Å². The molecule has 2 unspecified atom stereocenters. The van der Waals surface area contributed by atoms with Gasteiger partial charge < -0.3 is 25.0 Å². The molecule has 2 N–H and O–H groups in total. The first-order chi connectivity index (χ1) is 20.3. The van der Waals surface area contributed by atoms with E-state index in [0.717, 1.165) is 52.1 Å². The van der Waals surface area contributed by atoms with E-state index in [9.17, 15) is 4.79 Å². The van der Waals surface area contributed by atoms with Crippen LogP contribution in [0.25, 0.3) is 0 Å². The Hall–Kier alpha value is -1.99. The van der Waals surface area contributed by atoms with Crippen molar-refractivity contribution in [1.82, 2.24) is 15.5 Å². The molecular weight excluding hydrogens is 546 g/mol. The molecule has 0 spiro atoms. The summed E-state index contributed by atoms with van der Waals surface area (Å²) in [7, 11) is 0. The minimum Gasteiger partial charge on any atom is -0.381 e. The fourth-order valence-corrected chi connectivity index (χ4v) is 5.86. The number of carbonyl (C=O) groups is 1. The second kappa shape index (κ2) is 15.1. The van der Waals surface area contributed by atoms with Crippen LogP contribution in [0.1, 0.15) is 99.3 Å². The van der Waals surface area contributed by atoms with Crippen LogP contribution in [0, 0.1) is 16.7 Å². The topological polar surface area (TPSA) is 62.8 Å². The summed E-state index contributed by atoms with van der Waals surface area (Å²) in [4.78, 5) is 15.7. The Morgan fingerprint density at radius 3 is 2.27 bits per heavy atom. The highest BCUT2D eigenvalue weighted by molar-refractivity contribution is 5.82. The van der Waals surface area contributed by atoms with E-state index in [1.54, 1.807) is 0 Å². The highest BCUT2D eigenvalue weighted by atomic mass is 16.5. The second-order valence-electron chi connectivity index (χ2n) is 17.1. The molecule has 44 heavy (non-hydrogen) atoms. The summed E-state index contributed by atoms with van der Waals surface area (Å²) in [6, 6.07) is 7.24. The Labute approximate surface area is 269 Å². The first-order valence-electron chi connectivity index (χ1n) is 16.8. The van der Waals surface area contributed by atoms with Gasteiger partial charge in [0.2, 0.25) is 5.91 Å². The lowest BCUT2D eigenvalue weighted by atomic mass is 9.83. The third-order valence-electron chi connectivity index (χ3n) is 7.99. The maximum Gasteiger partial charge on any atom is 0.232 e. The van der Waals surface area contributed by atoms with Crippen LogP contribution in [-0.4, -0.2) is 66.9 Å². The molecule has 1 aromatic rings. The summed E-state index contributed by atoms with van der Waals surface area (Å²) in [6.45, 7) is 28.8. The van der Waals surface area contributed by atoms with Crippen molar-refractivity contribution in [3.8, 4) is 0 Å². The number of nitrogens with one attached hydrogen (secondary N) is 2. The highest BCUT2D eigenvalue weighted by Crippen LogP contribution is 2.29. The lowest BCUT2D eigenvalue weighted by Gasteiger charge is -2.32. The molecule has 0 radical (unpaired) electrons. The maximum absolute atomic E-state index is 13.7. The van der Waals surface area contributed by atoms with E-state index in [2.05, 4.69) is 111 Å². The minimum atomic E-state index is -0.285. The van der Waals surface area contributed by atoms with Crippen LogP contribution in [-0.2, 0) is 33.7 Å². The minimum absolute atomic E-state index is 0.0376. The Morgan fingerprint density at radius 1 is 0.909 bits per heavy atom. The molecule has 1 heterocycles. The molecule has 6 nitrogen and oxygen atoms in total. The molecule has 1 aromatic carbocycles. The number of hydrogen-bond donors (Lipinski definition) is 2. The molecular formula is C38H63N3O3. The molecule has 0 aromatic heterocycles. The molecule has 2 aliphatic rings. The maximum atomic E-state index is 13.7. The third kappa shape index (κ3) is 12.8. The molecule has 1 amide bonds. The van der Waals surface area contributed by atoms with Crippen molar-refractivity contribution >= 4 is 5.91 Å². The number of carbonyl (C=O) groups excluding carboxylic acids is 1. The van der Waals surface area contributed by atoms with Crippen LogP contribution in [0.4, 0.5) is 0 Å². The van der Waals surface area contributed by atoms with Crippen molar-refractivity contribution in [1.29, 1.82) is 0 Å². The predicted octanol–water partition coefficient (Wildman–Crippen LogP) is 6.87. The van der Waals surface area contributed by atoms with Crippen molar-refractivity contribution in [2.24, 2.45) is 16.7 Å². The number of likely N-dealkylation sites (tertiary alicyclic amines) is 1. The number of ether oxygens (including phenoxy) is 2. The van der Waals surface area contributed by atoms with E-state index in [1.807, 2.05) is 23.1 Å². The van der Waals surface area contributed by atoms with Gasteiger partial charge in [0.05, 0.1) is 31.8 Å². The van der Waals surface area contributed by atoms with Crippen LogP contribution in [0.2, 0.25) is 0 Å². The zero-order valence-electron chi connectivity index (χ0n) is 29.8. The number of rotatable bonds is 13. The quantitative estimate of drug-likeness (QED) is 0.239. The van der Waals surface area contributed by atoms with E-state index in [1.165, 1.54) is 16.7 Å². The zero-order valence-corrected chi connectivity index (χ0v) is 29.8. The second-order valence-corrected chi connectivity index (χ2v) is 17.1. The van der Waals surface area contributed by atoms with Gasteiger partial charge in [-0.05, 0) is 88.3 Å². The van der Waals surface area contributed by atoms with Crippen molar-refractivity contribution in [3.05, 3.63) is 59.2 Å². The summed E-state index contributed by atoms with van der Waals surface area (Å²) < 4.78 is 12.6. The molecule has 1 aliphatic carbocycles. The van der Waals surface area contributed by atoms with E-state index < -0.39 is 0 Å². The SMILES string of the molecule is CC(C)(C)COCCc1ccc(CNC(C)(C)C)c(CC(C)(C)COC2C=CC=CC2C(=O)N2CC[C@@H](NC(C)(C)C)C2)c1. The van der Waals surface area contributed by atoms with Gasteiger partial charge in [0, 0.05) is 36.8 Å². The molecule has 0 saturated carbocycles. The fourth-order valence-electron chi connectivity index (χ4n) is 5.86. The predicted molar refractivity (Wildman–Crippen MR) is 184 cm³/mol. The van der Waals surface area contributed by atoms with Crippen LogP contribution in [0.3, 0.4) is 0 Å². The Bertz CT molecular complexity index is 1130.